The lowest BCUT2D eigenvalue weighted by atomic mass is 10.0. The van der Waals surface area contributed by atoms with Gasteiger partial charge in [-0.15, -0.1) is 6.58 Å². The maximum absolute atomic E-state index is 13.0. The summed E-state index contributed by atoms with van der Waals surface area (Å²) in [5.74, 6) is -0.733. The molecule has 0 radical (unpaired) electrons. The van der Waals surface area contributed by atoms with E-state index in [1.54, 1.807) is 48.6 Å². The Hall–Kier alpha value is -3.93. The average Bonchev–Trinajstić information content (AvgIpc) is 2.72. The zero-order valence-electron chi connectivity index (χ0n) is 16.7. The zero-order chi connectivity index (χ0) is 21.7. The van der Waals surface area contributed by atoms with Gasteiger partial charge in [0.1, 0.15) is 17.9 Å². The van der Waals surface area contributed by atoms with Crippen molar-refractivity contribution in [3.05, 3.63) is 90.0 Å². The van der Waals surface area contributed by atoms with Crippen molar-refractivity contribution in [2.75, 3.05) is 11.5 Å². The molecule has 0 saturated carbocycles. The Morgan fingerprint density at radius 2 is 1.77 bits per heavy atom. The van der Waals surface area contributed by atoms with E-state index in [9.17, 15) is 14.4 Å². The number of aryl methyl sites for hydroxylation is 1. The summed E-state index contributed by atoms with van der Waals surface area (Å²) in [4.78, 5) is 38.6. The van der Waals surface area contributed by atoms with Gasteiger partial charge in [0, 0.05) is 0 Å². The fourth-order valence-electron chi connectivity index (χ4n) is 3.05. The van der Waals surface area contributed by atoms with E-state index >= 15 is 0 Å². The lowest BCUT2D eigenvalue weighted by Crippen LogP contribution is -2.54. The first-order chi connectivity index (χ1) is 14.4. The number of nitrogens with one attached hydrogen (secondary N) is 1. The van der Waals surface area contributed by atoms with E-state index < -0.39 is 17.8 Å². The molecule has 0 spiro atoms. The van der Waals surface area contributed by atoms with Gasteiger partial charge in [-0.2, -0.15) is 0 Å². The van der Waals surface area contributed by atoms with Crippen LogP contribution in [0.25, 0.3) is 6.08 Å². The second-order valence-electron chi connectivity index (χ2n) is 6.75. The number of allylic oxidation sites excluding steroid dienone is 1. The number of amides is 4. The molecule has 6 heteroatoms. The summed E-state index contributed by atoms with van der Waals surface area (Å²) in [6.45, 7) is 9.65. The summed E-state index contributed by atoms with van der Waals surface area (Å²) in [6.07, 6.45) is 5.41. The van der Waals surface area contributed by atoms with Gasteiger partial charge in [-0.1, -0.05) is 42.5 Å². The average molecular weight is 402 g/mol. The molecule has 1 aliphatic heterocycles. The van der Waals surface area contributed by atoms with E-state index in [2.05, 4.69) is 18.5 Å². The van der Waals surface area contributed by atoms with Crippen LogP contribution in [0.15, 0.2) is 73.3 Å². The Labute approximate surface area is 175 Å². The molecule has 152 valence electrons. The van der Waals surface area contributed by atoms with Crippen LogP contribution in [0.3, 0.4) is 0 Å². The Morgan fingerprint density at radius 3 is 2.43 bits per heavy atom. The highest BCUT2D eigenvalue weighted by atomic mass is 16.5. The summed E-state index contributed by atoms with van der Waals surface area (Å²) < 4.78 is 5.64. The van der Waals surface area contributed by atoms with Gasteiger partial charge < -0.3 is 4.74 Å². The van der Waals surface area contributed by atoms with Crippen LogP contribution in [-0.2, 0) is 16.0 Å². The third kappa shape index (κ3) is 4.38. The second kappa shape index (κ2) is 9.05. The zero-order valence-corrected chi connectivity index (χ0v) is 16.7. The lowest BCUT2D eigenvalue weighted by Gasteiger charge is -2.26. The summed E-state index contributed by atoms with van der Waals surface area (Å²) >= 11 is 0. The first kappa shape index (κ1) is 20.8. The number of rotatable bonds is 7. The summed E-state index contributed by atoms with van der Waals surface area (Å²) in [6, 6.07) is 11.5. The topological polar surface area (TPSA) is 75.7 Å². The monoisotopic (exact) mass is 402 g/mol. The molecule has 3 rings (SSSR count). The first-order valence-electron chi connectivity index (χ1n) is 9.40. The third-order valence-electron chi connectivity index (χ3n) is 4.51. The van der Waals surface area contributed by atoms with E-state index in [4.69, 9.17) is 4.74 Å². The summed E-state index contributed by atoms with van der Waals surface area (Å²) in [5.41, 5.74) is 2.75. The third-order valence-corrected chi connectivity index (χ3v) is 4.51. The molecule has 30 heavy (non-hydrogen) atoms. The minimum atomic E-state index is -0.772. The minimum Gasteiger partial charge on any atom is -0.489 e. The number of nitrogens with zero attached hydrogens (tertiary/aromatic N) is 1. The predicted octanol–water partition coefficient (Wildman–Crippen LogP) is 3.95. The van der Waals surface area contributed by atoms with E-state index in [0.29, 0.717) is 30.0 Å². The number of hydrogen-bond acceptors (Lipinski definition) is 4. The highest BCUT2D eigenvalue weighted by Gasteiger charge is 2.36. The number of anilines is 1. The first-order valence-corrected chi connectivity index (χ1v) is 9.40. The normalized spacial score (nSPS) is 15.2. The van der Waals surface area contributed by atoms with E-state index in [-0.39, 0.29) is 5.57 Å². The Balaban J connectivity index is 1.97. The SMILES string of the molecule is C=CCOc1ccc(/C=C2\C(=O)NC(=O)N(c3ccc(C)cc3)C2=O)cc1CC=C. The molecule has 2 aromatic carbocycles. The van der Waals surface area contributed by atoms with Crippen molar-refractivity contribution in [3.63, 3.8) is 0 Å². The number of carbonyl (C=O) groups excluding carboxylic acids is 3. The van der Waals surface area contributed by atoms with Crippen molar-refractivity contribution in [3.8, 4) is 5.75 Å². The van der Waals surface area contributed by atoms with E-state index in [0.717, 1.165) is 16.0 Å². The number of ether oxygens (including phenoxy) is 1. The van der Waals surface area contributed by atoms with Crippen LogP contribution in [-0.4, -0.2) is 24.5 Å². The molecule has 0 atom stereocenters. The van der Waals surface area contributed by atoms with Gasteiger partial charge in [-0.05, 0) is 54.8 Å². The van der Waals surface area contributed by atoms with Crippen LogP contribution in [0.4, 0.5) is 10.5 Å². The van der Waals surface area contributed by atoms with Crippen LogP contribution >= 0.6 is 0 Å². The molecule has 0 unspecified atom stereocenters. The highest BCUT2D eigenvalue weighted by molar-refractivity contribution is 6.39. The molecule has 1 N–H and O–H groups in total. The van der Waals surface area contributed by atoms with Crippen molar-refractivity contribution >= 4 is 29.6 Å². The number of urea groups is 1. The quantitative estimate of drug-likeness (QED) is 0.432. The van der Waals surface area contributed by atoms with Gasteiger partial charge >= 0.3 is 6.03 Å². The van der Waals surface area contributed by atoms with Crippen molar-refractivity contribution in [2.45, 2.75) is 13.3 Å². The lowest BCUT2D eigenvalue weighted by molar-refractivity contribution is -0.122. The van der Waals surface area contributed by atoms with Crippen LogP contribution in [0.5, 0.6) is 5.75 Å². The van der Waals surface area contributed by atoms with E-state index in [1.807, 2.05) is 13.0 Å². The molecular weight excluding hydrogens is 380 g/mol. The molecule has 2 aromatic rings. The molecular formula is C24H22N2O4. The van der Waals surface area contributed by atoms with Crippen molar-refractivity contribution in [1.29, 1.82) is 0 Å². The number of imide groups is 2. The highest BCUT2D eigenvalue weighted by Crippen LogP contribution is 2.25. The number of barbiturate groups is 1. The van der Waals surface area contributed by atoms with Gasteiger partial charge in [-0.25, -0.2) is 9.69 Å². The molecule has 1 aliphatic rings. The smallest absolute Gasteiger partial charge is 0.335 e. The number of carbonyl (C=O) groups is 3. The molecule has 6 nitrogen and oxygen atoms in total. The Morgan fingerprint density at radius 1 is 1.03 bits per heavy atom. The van der Waals surface area contributed by atoms with Crippen LogP contribution in [0.2, 0.25) is 0 Å². The molecule has 1 saturated heterocycles. The predicted molar refractivity (Wildman–Crippen MR) is 116 cm³/mol. The van der Waals surface area contributed by atoms with Crippen molar-refractivity contribution < 1.29 is 19.1 Å². The largest absolute Gasteiger partial charge is 0.489 e. The van der Waals surface area contributed by atoms with E-state index in [1.165, 1.54) is 6.08 Å². The van der Waals surface area contributed by atoms with Gasteiger partial charge in [0.15, 0.2) is 0 Å². The van der Waals surface area contributed by atoms with Crippen molar-refractivity contribution in [1.82, 2.24) is 5.32 Å². The van der Waals surface area contributed by atoms with Gasteiger partial charge in [0.05, 0.1) is 5.69 Å². The molecule has 0 aliphatic carbocycles. The molecule has 1 heterocycles. The molecule has 1 fully saturated rings. The summed E-state index contributed by atoms with van der Waals surface area (Å²) in [7, 11) is 0. The maximum atomic E-state index is 13.0. The maximum Gasteiger partial charge on any atom is 0.335 e. The van der Waals surface area contributed by atoms with Gasteiger partial charge in [-0.3, -0.25) is 14.9 Å². The van der Waals surface area contributed by atoms with Crippen LogP contribution in [0, 0.1) is 6.92 Å². The second-order valence-corrected chi connectivity index (χ2v) is 6.75. The van der Waals surface area contributed by atoms with Crippen LogP contribution in [0.1, 0.15) is 16.7 Å². The standard InChI is InChI=1S/C24H22N2O4/c1-4-6-18-14-17(9-12-21(18)30-13-5-2)15-20-22(27)25-24(29)26(23(20)28)19-10-7-16(3)8-11-19/h4-5,7-12,14-15H,1-2,6,13H2,3H3,(H,25,27,29)/b20-15+. The number of benzene rings is 2. The van der Waals surface area contributed by atoms with Crippen molar-refractivity contribution in [2.24, 2.45) is 0 Å². The molecule has 0 bridgehead atoms. The van der Waals surface area contributed by atoms with Crippen LogP contribution < -0.4 is 15.0 Å². The van der Waals surface area contributed by atoms with Gasteiger partial charge in [0.2, 0.25) is 0 Å². The fraction of sp³-hybridized carbons (Fsp3) is 0.125. The van der Waals surface area contributed by atoms with Gasteiger partial charge in [0.25, 0.3) is 11.8 Å². The Kier molecular flexibility index (Phi) is 6.27. The fourth-order valence-corrected chi connectivity index (χ4v) is 3.05. The summed E-state index contributed by atoms with van der Waals surface area (Å²) in [5, 5.41) is 2.23. The Bertz CT molecular complexity index is 1050. The molecule has 4 amide bonds. The minimum absolute atomic E-state index is 0.125. The molecule has 0 aromatic heterocycles. The number of hydrogen-bond donors (Lipinski definition) is 1.